The Hall–Kier alpha value is -0.610. The molecule has 1 heterocycles. The van der Waals surface area contributed by atoms with Crippen LogP contribution < -0.4 is 5.32 Å². The highest BCUT2D eigenvalue weighted by atomic mass is 16.5. The van der Waals surface area contributed by atoms with Crippen LogP contribution in [0.5, 0.6) is 0 Å². The molecule has 1 unspecified atom stereocenters. The molecule has 17 heavy (non-hydrogen) atoms. The van der Waals surface area contributed by atoms with Gasteiger partial charge in [0.1, 0.15) is 5.54 Å². The number of carbonyl (C=O) groups excluding carboxylic acids is 1. The van der Waals surface area contributed by atoms with E-state index < -0.39 is 5.54 Å². The number of nitrogens with zero attached hydrogens (tertiary/aromatic N) is 1. The highest BCUT2D eigenvalue weighted by molar-refractivity contribution is 5.80. The summed E-state index contributed by atoms with van der Waals surface area (Å²) in [6, 6.07) is 0. The minimum atomic E-state index is -0.448. The third-order valence-electron chi connectivity index (χ3n) is 3.49. The van der Waals surface area contributed by atoms with Crippen LogP contribution in [0.1, 0.15) is 40.0 Å². The summed E-state index contributed by atoms with van der Waals surface area (Å²) in [5, 5.41) is 3.37. The molecule has 4 heteroatoms. The third kappa shape index (κ3) is 3.68. The molecule has 1 fully saturated rings. The summed E-state index contributed by atoms with van der Waals surface area (Å²) < 4.78 is 5.25. The first-order chi connectivity index (χ1) is 8.15. The fraction of sp³-hybridized carbons (Fsp3) is 0.923. The van der Waals surface area contributed by atoms with Crippen molar-refractivity contribution in [2.24, 2.45) is 0 Å². The molecular formula is C13H26N2O2. The van der Waals surface area contributed by atoms with Crippen LogP contribution in [-0.2, 0) is 9.53 Å². The molecule has 1 N–H and O–H groups in total. The van der Waals surface area contributed by atoms with Gasteiger partial charge in [-0.3, -0.25) is 9.69 Å². The molecule has 1 atom stereocenters. The van der Waals surface area contributed by atoms with E-state index in [1.165, 1.54) is 0 Å². The maximum atomic E-state index is 12.2. The molecule has 1 rings (SSSR count). The van der Waals surface area contributed by atoms with Crippen LogP contribution in [0.15, 0.2) is 0 Å². The van der Waals surface area contributed by atoms with Crippen LogP contribution in [0.25, 0.3) is 0 Å². The van der Waals surface area contributed by atoms with E-state index >= 15 is 0 Å². The van der Waals surface area contributed by atoms with Crippen molar-refractivity contribution < 1.29 is 9.53 Å². The number of hydrogen-bond acceptors (Lipinski definition) is 4. The molecule has 1 aliphatic rings. The second-order valence-electron chi connectivity index (χ2n) is 4.83. The van der Waals surface area contributed by atoms with Crippen molar-refractivity contribution in [2.45, 2.75) is 45.6 Å². The Morgan fingerprint density at radius 3 is 2.76 bits per heavy atom. The Bertz CT molecular complexity index is 238. The van der Waals surface area contributed by atoms with Crippen molar-refractivity contribution in [2.75, 3.05) is 32.8 Å². The predicted molar refractivity (Wildman–Crippen MR) is 69.0 cm³/mol. The maximum Gasteiger partial charge on any atom is 0.326 e. The van der Waals surface area contributed by atoms with Crippen molar-refractivity contribution in [1.82, 2.24) is 10.2 Å². The SMILES string of the molecule is CCCC(C)(C(=O)OCC)N1CCCNCC1. The van der Waals surface area contributed by atoms with Crippen LogP contribution in [0, 0.1) is 0 Å². The monoisotopic (exact) mass is 242 g/mol. The van der Waals surface area contributed by atoms with Crippen molar-refractivity contribution >= 4 is 5.97 Å². The molecule has 1 saturated heterocycles. The van der Waals surface area contributed by atoms with Gasteiger partial charge in [-0.25, -0.2) is 0 Å². The minimum absolute atomic E-state index is 0.0660. The molecule has 0 bridgehead atoms. The van der Waals surface area contributed by atoms with E-state index in [2.05, 4.69) is 17.1 Å². The standard InChI is InChI=1S/C13H26N2O2/c1-4-7-13(3,12(16)17-5-2)15-10-6-8-14-9-11-15/h14H,4-11H2,1-3H3. The van der Waals surface area contributed by atoms with Crippen molar-refractivity contribution in [3.8, 4) is 0 Å². The topological polar surface area (TPSA) is 41.6 Å². The van der Waals surface area contributed by atoms with Gasteiger partial charge >= 0.3 is 5.97 Å². The summed E-state index contributed by atoms with van der Waals surface area (Å²) >= 11 is 0. The lowest BCUT2D eigenvalue weighted by Gasteiger charge is -2.38. The van der Waals surface area contributed by atoms with Gasteiger partial charge < -0.3 is 10.1 Å². The molecule has 100 valence electrons. The molecule has 0 aromatic heterocycles. The fourth-order valence-electron chi connectivity index (χ4n) is 2.50. The highest BCUT2D eigenvalue weighted by Gasteiger charge is 2.39. The van der Waals surface area contributed by atoms with Gasteiger partial charge in [0.05, 0.1) is 6.61 Å². The van der Waals surface area contributed by atoms with E-state index in [1.807, 2.05) is 13.8 Å². The van der Waals surface area contributed by atoms with Crippen LogP contribution in [-0.4, -0.2) is 49.2 Å². The average molecular weight is 242 g/mol. The molecule has 0 saturated carbocycles. The van der Waals surface area contributed by atoms with Crippen LogP contribution in [0.2, 0.25) is 0 Å². The Morgan fingerprint density at radius 2 is 2.12 bits per heavy atom. The Kier molecular flexibility index (Phi) is 5.92. The van der Waals surface area contributed by atoms with E-state index in [4.69, 9.17) is 4.74 Å². The third-order valence-corrected chi connectivity index (χ3v) is 3.49. The maximum absolute atomic E-state index is 12.2. The number of rotatable bonds is 5. The average Bonchev–Trinajstić information content (AvgIpc) is 2.58. The van der Waals surface area contributed by atoms with Gasteiger partial charge in [-0.2, -0.15) is 0 Å². The van der Waals surface area contributed by atoms with Crippen molar-refractivity contribution in [3.05, 3.63) is 0 Å². The summed E-state index contributed by atoms with van der Waals surface area (Å²) in [7, 11) is 0. The van der Waals surface area contributed by atoms with E-state index in [9.17, 15) is 4.79 Å². The van der Waals surface area contributed by atoms with Gasteiger partial charge in [0, 0.05) is 19.6 Å². The van der Waals surface area contributed by atoms with Gasteiger partial charge in [0.2, 0.25) is 0 Å². The number of esters is 1. The zero-order chi connectivity index (χ0) is 12.7. The first-order valence-corrected chi connectivity index (χ1v) is 6.78. The molecule has 1 aliphatic heterocycles. The van der Waals surface area contributed by atoms with Crippen LogP contribution >= 0.6 is 0 Å². The summed E-state index contributed by atoms with van der Waals surface area (Å²) in [6.07, 6.45) is 2.96. The number of nitrogens with one attached hydrogen (secondary N) is 1. The zero-order valence-corrected chi connectivity index (χ0v) is 11.4. The van der Waals surface area contributed by atoms with Gasteiger partial charge in [-0.15, -0.1) is 0 Å². The second kappa shape index (κ2) is 6.97. The molecule has 0 spiro atoms. The lowest BCUT2D eigenvalue weighted by atomic mass is 9.93. The molecular weight excluding hydrogens is 216 g/mol. The smallest absolute Gasteiger partial charge is 0.326 e. The second-order valence-corrected chi connectivity index (χ2v) is 4.83. The van der Waals surface area contributed by atoms with Crippen molar-refractivity contribution in [1.29, 1.82) is 0 Å². The van der Waals surface area contributed by atoms with Gasteiger partial charge in [-0.1, -0.05) is 13.3 Å². The van der Waals surface area contributed by atoms with Crippen LogP contribution in [0.4, 0.5) is 0 Å². The van der Waals surface area contributed by atoms with E-state index in [1.54, 1.807) is 0 Å². The molecule has 0 aromatic rings. The number of hydrogen-bond donors (Lipinski definition) is 1. The summed E-state index contributed by atoms with van der Waals surface area (Å²) in [4.78, 5) is 14.5. The summed E-state index contributed by atoms with van der Waals surface area (Å²) in [6.45, 7) is 10.4. The quantitative estimate of drug-likeness (QED) is 0.740. The zero-order valence-electron chi connectivity index (χ0n) is 11.4. The number of carbonyl (C=O) groups is 1. The molecule has 0 amide bonds. The van der Waals surface area contributed by atoms with Gasteiger partial charge in [-0.05, 0) is 33.2 Å². The Morgan fingerprint density at radius 1 is 1.35 bits per heavy atom. The van der Waals surface area contributed by atoms with Gasteiger partial charge in [0.25, 0.3) is 0 Å². The first kappa shape index (κ1) is 14.5. The summed E-state index contributed by atoms with van der Waals surface area (Å²) in [5.41, 5.74) is -0.448. The van der Waals surface area contributed by atoms with Crippen LogP contribution in [0.3, 0.4) is 0 Å². The molecule has 0 radical (unpaired) electrons. The lowest BCUT2D eigenvalue weighted by molar-refractivity contribution is -0.157. The predicted octanol–water partition coefficient (Wildman–Crippen LogP) is 1.40. The highest BCUT2D eigenvalue weighted by Crippen LogP contribution is 2.24. The molecule has 0 aliphatic carbocycles. The Labute approximate surface area is 105 Å². The largest absolute Gasteiger partial charge is 0.465 e. The minimum Gasteiger partial charge on any atom is -0.465 e. The molecule has 0 aromatic carbocycles. The number of ether oxygens (including phenoxy) is 1. The first-order valence-electron chi connectivity index (χ1n) is 6.78. The van der Waals surface area contributed by atoms with Gasteiger partial charge in [0.15, 0.2) is 0 Å². The van der Waals surface area contributed by atoms with E-state index in [0.29, 0.717) is 6.61 Å². The normalized spacial score (nSPS) is 21.6. The lowest BCUT2D eigenvalue weighted by Crippen LogP contribution is -2.54. The summed E-state index contributed by atoms with van der Waals surface area (Å²) in [5.74, 6) is -0.0660. The van der Waals surface area contributed by atoms with E-state index in [-0.39, 0.29) is 5.97 Å². The van der Waals surface area contributed by atoms with E-state index in [0.717, 1.165) is 45.4 Å². The fourth-order valence-corrected chi connectivity index (χ4v) is 2.50. The van der Waals surface area contributed by atoms with Crippen molar-refractivity contribution in [3.63, 3.8) is 0 Å². The molecule has 4 nitrogen and oxygen atoms in total. The Balaban J connectivity index is 2.76.